The quantitative estimate of drug-likeness (QED) is 0.505. The third kappa shape index (κ3) is 8.22. The van der Waals surface area contributed by atoms with E-state index in [1.54, 1.807) is 6.20 Å². The highest BCUT2D eigenvalue weighted by atomic mass is 32.2. The third-order valence-corrected chi connectivity index (χ3v) is 4.55. The molecule has 0 bridgehead atoms. The molecule has 0 aliphatic carbocycles. The first-order valence-corrected chi connectivity index (χ1v) is 11.1. The monoisotopic (exact) mass is 406 g/mol. The van der Waals surface area contributed by atoms with Crippen molar-refractivity contribution in [1.29, 1.82) is 0 Å². The fraction of sp³-hybridized carbons (Fsp3) is 0.500. The number of hydrogen-bond donors (Lipinski definition) is 1. The predicted molar refractivity (Wildman–Crippen MR) is 113 cm³/mol. The maximum absolute atomic E-state index is 11.0. The first kappa shape index (κ1) is 22.1. The first-order chi connectivity index (χ1) is 13.0. The van der Waals surface area contributed by atoms with Crippen LogP contribution in [0.15, 0.2) is 36.5 Å². The number of rotatable bonds is 9. The van der Waals surface area contributed by atoms with Gasteiger partial charge >= 0.3 is 0 Å². The Labute approximate surface area is 168 Å². The number of aromatic nitrogens is 2. The van der Waals surface area contributed by atoms with E-state index in [-0.39, 0.29) is 18.0 Å². The Morgan fingerprint density at radius 1 is 1.11 bits per heavy atom. The smallest absolute Gasteiger partial charge is 0.264 e. The van der Waals surface area contributed by atoms with E-state index in [1.807, 2.05) is 6.07 Å². The van der Waals surface area contributed by atoms with Crippen LogP contribution in [0.2, 0.25) is 0 Å². The van der Waals surface area contributed by atoms with Crippen molar-refractivity contribution in [2.45, 2.75) is 40.2 Å². The lowest BCUT2D eigenvalue weighted by molar-refractivity contribution is 0.316. The first-order valence-electron chi connectivity index (χ1n) is 9.27. The molecular weight excluding hydrogens is 376 g/mol. The van der Waals surface area contributed by atoms with Gasteiger partial charge in [0.15, 0.2) is 0 Å². The Hall–Kier alpha value is -2.19. The van der Waals surface area contributed by atoms with Crippen molar-refractivity contribution in [3.8, 4) is 0 Å². The van der Waals surface area contributed by atoms with E-state index in [4.69, 9.17) is 9.92 Å². The van der Waals surface area contributed by atoms with Gasteiger partial charge in [-0.05, 0) is 35.4 Å². The van der Waals surface area contributed by atoms with Crippen molar-refractivity contribution in [2.24, 2.45) is 5.41 Å². The van der Waals surface area contributed by atoms with Crippen LogP contribution in [0.4, 0.5) is 11.8 Å². The van der Waals surface area contributed by atoms with E-state index in [9.17, 15) is 8.42 Å². The van der Waals surface area contributed by atoms with Gasteiger partial charge in [0.05, 0.1) is 12.9 Å². The van der Waals surface area contributed by atoms with E-state index < -0.39 is 10.1 Å². The average Bonchev–Trinajstić information content (AvgIpc) is 2.57. The zero-order chi connectivity index (χ0) is 20.8. The summed E-state index contributed by atoms with van der Waals surface area (Å²) < 4.78 is 26.7. The van der Waals surface area contributed by atoms with Gasteiger partial charge in [0.1, 0.15) is 5.82 Å². The average molecular weight is 407 g/mol. The van der Waals surface area contributed by atoms with Crippen LogP contribution in [0.25, 0.3) is 0 Å². The van der Waals surface area contributed by atoms with E-state index >= 15 is 0 Å². The molecule has 7 nitrogen and oxygen atoms in total. The van der Waals surface area contributed by atoms with Crippen LogP contribution in [0.5, 0.6) is 0 Å². The van der Waals surface area contributed by atoms with Gasteiger partial charge in [0.25, 0.3) is 10.1 Å². The van der Waals surface area contributed by atoms with Crippen LogP contribution >= 0.6 is 0 Å². The molecule has 0 saturated carbocycles. The van der Waals surface area contributed by atoms with Crippen molar-refractivity contribution < 1.29 is 12.6 Å². The summed E-state index contributed by atoms with van der Waals surface area (Å²) in [7, 11) is -3.37. The fourth-order valence-electron chi connectivity index (χ4n) is 2.85. The number of nitrogens with two attached hydrogens (primary N) is 1. The van der Waals surface area contributed by atoms with Gasteiger partial charge < -0.3 is 10.6 Å². The van der Waals surface area contributed by atoms with Crippen molar-refractivity contribution in [2.75, 3.05) is 30.0 Å². The zero-order valence-electron chi connectivity index (χ0n) is 17.1. The second-order valence-corrected chi connectivity index (χ2v) is 9.78. The van der Waals surface area contributed by atoms with Gasteiger partial charge in [-0.2, -0.15) is 13.4 Å². The minimum absolute atomic E-state index is 0.0965. The van der Waals surface area contributed by atoms with Gasteiger partial charge in [-0.25, -0.2) is 4.98 Å². The SMILES string of the molecule is CC(C)(C)CN(Cc1ccc(CCCOS(C)(=O)=O)cc1)c1ccnc(N)n1. The molecule has 1 aromatic carbocycles. The second kappa shape index (κ2) is 9.34. The van der Waals surface area contributed by atoms with Crippen molar-refractivity contribution in [3.05, 3.63) is 47.7 Å². The Morgan fingerprint density at radius 3 is 2.32 bits per heavy atom. The van der Waals surface area contributed by atoms with Crippen molar-refractivity contribution >= 4 is 21.9 Å². The minimum Gasteiger partial charge on any atom is -0.368 e. The van der Waals surface area contributed by atoms with Crippen molar-refractivity contribution in [1.82, 2.24) is 9.97 Å². The Bertz CT molecular complexity index is 862. The van der Waals surface area contributed by atoms with E-state index in [0.717, 1.165) is 36.2 Å². The van der Waals surface area contributed by atoms with Gasteiger partial charge in [-0.15, -0.1) is 0 Å². The number of benzene rings is 1. The summed E-state index contributed by atoms with van der Waals surface area (Å²) in [5, 5.41) is 0. The molecule has 2 rings (SSSR count). The lowest BCUT2D eigenvalue weighted by Crippen LogP contribution is -2.33. The highest BCUT2D eigenvalue weighted by molar-refractivity contribution is 7.85. The molecule has 0 amide bonds. The molecule has 0 atom stereocenters. The number of hydrogen-bond acceptors (Lipinski definition) is 7. The minimum atomic E-state index is -3.37. The standard InChI is InChI=1S/C20H30N4O3S/c1-20(2,3)15-24(18-11-12-22-19(21)23-18)14-17-9-7-16(8-10-17)6-5-13-27-28(4,25)26/h7-12H,5-6,13-15H2,1-4H3,(H2,21,22,23). The molecule has 2 aromatic rings. The van der Waals surface area contributed by atoms with Crippen LogP contribution in [-0.2, 0) is 27.3 Å². The summed E-state index contributed by atoms with van der Waals surface area (Å²) in [6.45, 7) is 8.30. The summed E-state index contributed by atoms with van der Waals surface area (Å²) in [4.78, 5) is 10.6. The Balaban J connectivity index is 2.02. The topological polar surface area (TPSA) is 98.4 Å². The number of anilines is 2. The fourth-order valence-corrected chi connectivity index (χ4v) is 3.27. The van der Waals surface area contributed by atoms with Crippen molar-refractivity contribution in [3.63, 3.8) is 0 Å². The summed E-state index contributed by atoms with van der Waals surface area (Å²) in [5.41, 5.74) is 8.17. The van der Waals surface area contributed by atoms with Crippen LogP contribution in [-0.4, -0.2) is 37.8 Å². The molecule has 1 aromatic heterocycles. The summed E-state index contributed by atoms with van der Waals surface area (Å²) >= 11 is 0. The molecule has 8 heteroatoms. The number of aryl methyl sites for hydroxylation is 1. The normalized spacial score (nSPS) is 12.1. The lowest BCUT2D eigenvalue weighted by Gasteiger charge is -2.31. The summed E-state index contributed by atoms with van der Waals surface area (Å²) in [6.07, 6.45) is 4.16. The molecule has 1 heterocycles. The highest BCUT2D eigenvalue weighted by Gasteiger charge is 2.18. The van der Waals surface area contributed by atoms with E-state index in [0.29, 0.717) is 13.0 Å². The van der Waals surface area contributed by atoms with Gasteiger partial charge in [0.2, 0.25) is 5.95 Å². The molecule has 0 radical (unpaired) electrons. The second-order valence-electron chi connectivity index (χ2n) is 8.14. The largest absolute Gasteiger partial charge is 0.368 e. The van der Waals surface area contributed by atoms with Crippen LogP contribution in [0, 0.1) is 5.41 Å². The molecule has 0 fully saturated rings. The lowest BCUT2D eigenvalue weighted by atomic mass is 9.95. The van der Waals surface area contributed by atoms with E-state index in [2.05, 4.69) is 59.9 Å². The third-order valence-electron chi connectivity index (χ3n) is 3.95. The molecule has 0 aliphatic heterocycles. The van der Waals surface area contributed by atoms with Crippen LogP contribution in [0.1, 0.15) is 38.3 Å². The molecule has 0 aliphatic rings. The zero-order valence-corrected chi connectivity index (χ0v) is 17.9. The molecule has 28 heavy (non-hydrogen) atoms. The molecule has 0 spiro atoms. The molecular formula is C20H30N4O3S. The summed E-state index contributed by atoms with van der Waals surface area (Å²) in [6, 6.07) is 10.2. The van der Waals surface area contributed by atoms with Crippen LogP contribution in [0.3, 0.4) is 0 Å². The maximum Gasteiger partial charge on any atom is 0.264 e. The number of nitrogen functional groups attached to an aromatic ring is 1. The Kier molecular flexibility index (Phi) is 7.37. The summed E-state index contributed by atoms with van der Waals surface area (Å²) in [5.74, 6) is 1.08. The predicted octanol–water partition coefficient (Wildman–Crippen LogP) is 3.02. The molecule has 154 valence electrons. The highest BCUT2D eigenvalue weighted by Crippen LogP contribution is 2.22. The van der Waals surface area contributed by atoms with Gasteiger partial charge in [-0.3, -0.25) is 4.18 Å². The van der Waals surface area contributed by atoms with E-state index in [1.165, 1.54) is 0 Å². The Morgan fingerprint density at radius 2 is 1.75 bits per heavy atom. The molecule has 2 N–H and O–H groups in total. The number of nitrogens with zero attached hydrogens (tertiary/aromatic N) is 3. The molecule has 0 unspecified atom stereocenters. The van der Waals surface area contributed by atoms with Crippen LogP contribution < -0.4 is 10.6 Å². The maximum atomic E-state index is 11.0. The van der Waals surface area contributed by atoms with Gasteiger partial charge in [-0.1, -0.05) is 45.0 Å². The van der Waals surface area contributed by atoms with Gasteiger partial charge in [0, 0.05) is 19.3 Å². The molecule has 0 saturated heterocycles.